The number of anilines is 1. The average molecular weight is 681 g/mol. The molecule has 0 saturated heterocycles. The third-order valence-electron chi connectivity index (χ3n) is 7.70. The van der Waals surface area contributed by atoms with Gasteiger partial charge < -0.3 is 10.2 Å². The first-order chi connectivity index (χ1) is 21.9. The van der Waals surface area contributed by atoms with Crippen LogP contribution in [0.1, 0.15) is 41.2 Å². The monoisotopic (exact) mass is 679 g/mol. The van der Waals surface area contributed by atoms with Gasteiger partial charge in [0.2, 0.25) is 11.8 Å². The minimum Gasteiger partial charge on any atom is -0.354 e. The molecule has 0 aliphatic carbocycles. The van der Waals surface area contributed by atoms with E-state index in [4.69, 9.17) is 23.2 Å². The van der Waals surface area contributed by atoms with Gasteiger partial charge in [-0.1, -0.05) is 96.4 Å². The molecular weight excluding hydrogens is 641 g/mol. The number of amides is 2. The average Bonchev–Trinajstić information content (AvgIpc) is 3.03. The predicted octanol–water partition coefficient (Wildman–Crippen LogP) is 7.28. The van der Waals surface area contributed by atoms with Crippen LogP contribution in [-0.4, -0.2) is 44.3 Å². The van der Waals surface area contributed by atoms with Gasteiger partial charge in [-0.25, -0.2) is 8.42 Å². The molecule has 242 valence electrons. The van der Waals surface area contributed by atoms with Crippen molar-refractivity contribution < 1.29 is 18.0 Å². The molecule has 0 fully saturated rings. The normalized spacial score (nSPS) is 12.0. The fourth-order valence-corrected chi connectivity index (χ4v) is 7.03. The van der Waals surface area contributed by atoms with Crippen LogP contribution in [0.25, 0.3) is 0 Å². The molecule has 0 heterocycles. The Morgan fingerprint density at radius 3 is 2.17 bits per heavy atom. The van der Waals surface area contributed by atoms with Gasteiger partial charge in [-0.2, -0.15) is 0 Å². The Balaban J connectivity index is 1.85. The Kier molecular flexibility index (Phi) is 11.9. The summed E-state index contributed by atoms with van der Waals surface area (Å²) in [6.45, 7) is 7.32. The van der Waals surface area contributed by atoms with E-state index in [2.05, 4.69) is 5.32 Å². The Morgan fingerprint density at radius 1 is 0.848 bits per heavy atom. The van der Waals surface area contributed by atoms with Gasteiger partial charge in [0.25, 0.3) is 10.0 Å². The Hall–Kier alpha value is -3.85. The van der Waals surface area contributed by atoms with Gasteiger partial charge >= 0.3 is 0 Å². The number of sulfonamides is 1. The fourth-order valence-electron chi connectivity index (χ4n) is 5.09. The van der Waals surface area contributed by atoms with Gasteiger partial charge in [-0.05, 0) is 79.8 Å². The van der Waals surface area contributed by atoms with E-state index in [-0.39, 0.29) is 23.8 Å². The van der Waals surface area contributed by atoms with E-state index in [1.807, 2.05) is 63.2 Å². The number of benzene rings is 4. The van der Waals surface area contributed by atoms with Crippen LogP contribution in [0.4, 0.5) is 5.69 Å². The van der Waals surface area contributed by atoms with Crippen molar-refractivity contribution in [3.8, 4) is 0 Å². The second-order valence-corrected chi connectivity index (χ2v) is 14.1. The lowest BCUT2D eigenvalue weighted by atomic mass is 10.0. The smallest absolute Gasteiger partial charge is 0.264 e. The van der Waals surface area contributed by atoms with Gasteiger partial charge in [0.15, 0.2) is 0 Å². The largest absolute Gasteiger partial charge is 0.354 e. The highest BCUT2D eigenvalue weighted by Gasteiger charge is 2.35. The molecule has 1 unspecified atom stereocenters. The van der Waals surface area contributed by atoms with Crippen LogP contribution in [0, 0.1) is 20.8 Å². The van der Waals surface area contributed by atoms with Crippen molar-refractivity contribution in [2.75, 3.05) is 17.4 Å². The molecule has 7 nitrogen and oxygen atoms in total. The maximum absolute atomic E-state index is 14.6. The first kappa shape index (κ1) is 35.0. The number of nitrogens with one attached hydrogen (secondary N) is 1. The van der Waals surface area contributed by atoms with E-state index >= 15 is 0 Å². The summed E-state index contributed by atoms with van der Waals surface area (Å²) in [4.78, 5) is 29.9. The summed E-state index contributed by atoms with van der Waals surface area (Å²) < 4.78 is 29.7. The van der Waals surface area contributed by atoms with Crippen molar-refractivity contribution in [2.45, 2.75) is 58.0 Å². The van der Waals surface area contributed by atoms with Gasteiger partial charge in [0.05, 0.1) is 10.6 Å². The molecule has 0 bridgehead atoms. The molecule has 0 aliphatic heterocycles. The van der Waals surface area contributed by atoms with Crippen molar-refractivity contribution in [2.24, 2.45) is 0 Å². The topological polar surface area (TPSA) is 86.8 Å². The van der Waals surface area contributed by atoms with Crippen molar-refractivity contribution in [3.05, 3.63) is 129 Å². The number of rotatable bonds is 13. The van der Waals surface area contributed by atoms with E-state index in [9.17, 15) is 18.0 Å². The molecular formula is C36H39Cl2N3O4S. The molecule has 10 heteroatoms. The zero-order chi connectivity index (χ0) is 33.4. The number of nitrogens with zero attached hydrogens (tertiary/aromatic N) is 2. The molecule has 0 saturated carbocycles. The van der Waals surface area contributed by atoms with Crippen molar-refractivity contribution in [1.29, 1.82) is 0 Å². The molecule has 0 spiro atoms. The summed E-state index contributed by atoms with van der Waals surface area (Å²) in [6.07, 6.45) is 0.914. The lowest BCUT2D eigenvalue weighted by molar-refractivity contribution is -0.140. The van der Waals surface area contributed by atoms with Crippen LogP contribution in [0.3, 0.4) is 0 Å². The molecule has 46 heavy (non-hydrogen) atoms. The molecule has 1 atom stereocenters. The highest BCUT2D eigenvalue weighted by atomic mass is 35.5. The SMILES string of the molecule is CCCNC(=O)C(Cc1ccccc1)N(Cc1ccc(Cl)cc1Cl)C(=O)CN(c1cc(C)ccc1C)S(=O)(=O)c1ccc(C)cc1. The molecule has 2 amide bonds. The molecule has 0 aliphatic rings. The Bertz CT molecular complexity index is 1780. The Morgan fingerprint density at radius 2 is 1.52 bits per heavy atom. The lowest BCUT2D eigenvalue weighted by Crippen LogP contribution is -2.53. The molecule has 4 aromatic rings. The number of aryl methyl sites for hydroxylation is 3. The Labute approximate surface area is 282 Å². The first-order valence-corrected chi connectivity index (χ1v) is 17.3. The van der Waals surface area contributed by atoms with Crippen LogP contribution in [0.5, 0.6) is 0 Å². The summed E-state index contributed by atoms with van der Waals surface area (Å²) in [6, 6.07) is 25.4. The van der Waals surface area contributed by atoms with Crippen molar-refractivity contribution in [1.82, 2.24) is 10.2 Å². The standard InChI is InChI=1S/C36H39Cl2N3O4S/c1-5-19-39-36(43)34(21-28-9-7-6-8-10-28)40(23-29-15-16-30(37)22-32(29)38)35(42)24-41(33-20-26(3)11-14-27(33)4)46(44,45)31-17-12-25(2)13-18-31/h6-18,20,22,34H,5,19,21,23-24H2,1-4H3,(H,39,43). The van der Waals surface area contributed by atoms with Gasteiger partial charge in [-0.15, -0.1) is 0 Å². The minimum absolute atomic E-state index is 0.0445. The quantitative estimate of drug-likeness (QED) is 0.161. The highest BCUT2D eigenvalue weighted by molar-refractivity contribution is 7.92. The van der Waals surface area contributed by atoms with Crippen molar-refractivity contribution >= 4 is 50.7 Å². The van der Waals surface area contributed by atoms with Crippen molar-refractivity contribution in [3.63, 3.8) is 0 Å². The minimum atomic E-state index is -4.20. The maximum atomic E-state index is 14.6. The summed E-state index contributed by atoms with van der Waals surface area (Å²) in [5, 5.41) is 3.70. The summed E-state index contributed by atoms with van der Waals surface area (Å²) in [7, 11) is -4.20. The van der Waals surface area contributed by atoms with Gasteiger partial charge in [0.1, 0.15) is 12.6 Å². The third kappa shape index (κ3) is 8.69. The molecule has 4 aromatic carbocycles. The number of carbonyl (C=O) groups is 2. The highest BCUT2D eigenvalue weighted by Crippen LogP contribution is 2.30. The maximum Gasteiger partial charge on any atom is 0.264 e. The second kappa shape index (κ2) is 15.6. The lowest BCUT2D eigenvalue weighted by Gasteiger charge is -2.34. The molecule has 1 N–H and O–H groups in total. The molecule has 4 rings (SSSR count). The summed E-state index contributed by atoms with van der Waals surface area (Å²) >= 11 is 12.8. The van der Waals surface area contributed by atoms with E-state index in [1.54, 1.807) is 43.3 Å². The van der Waals surface area contributed by atoms with Crippen LogP contribution < -0.4 is 9.62 Å². The van der Waals surface area contributed by atoms with Crippen LogP contribution in [0.15, 0.2) is 95.9 Å². The summed E-state index contributed by atoms with van der Waals surface area (Å²) in [5.41, 5.74) is 4.22. The van der Waals surface area contributed by atoms with Crippen LogP contribution in [0.2, 0.25) is 10.0 Å². The third-order valence-corrected chi connectivity index (χ3v) is 10.1. The molecule has 0 radical (unpaired) electrons. The van der Waals surface area contributed by atoms with Gasteiger partial charge in [0, 0.05) is 29.6 Å². The predicted molar refractivity (Wildman–Crippen MR) is 186 cm³/mol. The van der Waals surface area contributed by atoms with Crippen LogP contribution in [-0.2, 0) is 32.6 Å². The number of carbonyl (C=O) groups excluding carboxylic acids is 2. The number of halogens is 2. The van der Waals surface area contributed by atoms with Gasteiger partial charge in [-0.3, -0.25) is 13.9 Å². The summed E-state index contributed by atoms with van der Waals surface area (Å²) in [5.74, 6) is -0.904. The van der Waals surface area contributed by atoms with E-state index in [0.29, 0.717) is 39.8 Å². The fraction of sp³-hybridized carbons (Fsp3) is 0.278. The zero-order valence-electron chi connectivity index (χ0n) is 26.5. The zero-order valence-corrected chi connectivity index (χ0v) is 28.8. The first-order valence-electron chi connectivity index (χ1n) is 15.1. The van der Waals surface area contributed by atoms with E-state index in [1.165, 1.54) is 17.0 Å². The second-order valence-electron chi connectivity index (χ2n) is 11.4. The van der Waals surface area contributed by atoms with E-state index in [0.717, 1.165) is 21.0 Å². The van der Waals surface area contributed by atoms with Crippen LogP contribution >= 0.6 is 23.2 Å². The molecule has 0 aromatic heterocycles. The number of hydrogen-bond donors (Lipinski definition) is 1. The number of hydrogen-bond acceptors (Lipinski definition) is 4. The van der Waals surface area contributed by atoms with E-state index < -0.39 is 28.5 Å².